The monoisotopic (exact) mass is 340 g/mol. The van der Waals surface area contributed by atoms with Gasteiger partial charge in [0.1, 0.15) is 5.75 Å². The molecule has 0 amide bonds. The second kappa shape index (κ2) is 6.04. The molecule has 1 aromatic rings. The van der Waals surface area contributed by atoms with Crippen molar-refractivity contribution < 1.29 is 37.7 Å². The largest absolute Gasteiger partial charge is 0.573 e. The molecule has 0 spiro atoms. The molecular formula is C13H12ClF3O5. The molecule has 22 heavy (non-hydrogen) atoms. The fraction of sp³-hybridized carbons (Fsp3) is 0.385. The zero-order valence-corrected chi connectivity index (χ0v) is 12.2. The first-order valence-electron chi connectivity index (χ1n) is 5.91. The fourth-order valence-corrected chi connectivity index (χ4v) is 1.94. The second-order valence-electron chi connectivity index (χ2n) is 4.77. The number of carboxylic acids is 2. The Morgan fingerprint density at radius 1 is 1.23 bits per heavy atom. The molecule has 122 valence electrons. The van der Waals surface area contributed by atoms with E-state index in [-0.39, 0.29) is 10.6 Å². The van der Waals surface area contributed by atoms with Gasteiger partial charge in [0.15, 0.2) is 5.41 Å². The highest BCUT2D eigenvalue weighted by atomic mass is 35.5. The summed E-state index contributed by atoms with van der Waals surface area (Å²) in [5, 5.41) is 17.9. The molecule has 5 nitrogen and oxygen atoms in total. The van der Waals surface area contributed by atoms with E-state index in [1.807, 2.05) is 0 Å². The van der Waals surface area contributed by atoms with Gasteiger partial charge in [0.05, 0.1) is 5.02 Å². The Kier molecular flexibility index (Phi) is 4.96. The van der Waals surface area contributed by atoms with Gasteiger partial charge in [0.2, 0.25) is 0 Å². The Morgan fingerprint density at radius 2 is 1.73 bits per heavy atom. The molecule has 1 aromatic carbocycles. The van der Waals surface area contributed by atoms with Crippen molar-refractivity contribution in [3.05, 3.63) is 28.8 Å². The van der Waals surface area contributed by atoms with Gasteiger partial charge >= 0.3 is 18.3 Å². The molecule has 0 heterocycles. The number of hydrogen-bond acceptors (Lipinski definition) is 3. The van der Waals surface area contributed by atoms with Crippen molar-refractivity contribution in [1.29, 1.82) is 0 Å². The van der Waals surface area contributed by atoms with E-state index in [9.17, 15) is 22.8 Å². The summed E-state index contributed by atoms with van der Waals surface area (Å²) >= 11 is 5.59. The third kappa shape index (κ3) is 3.62. The molecule has 0 aliphatic carbocycles. The summed E-state index contributed by atoms with van der Waals surface area (Å²) in [6.07, 6.45) is -4.98. The van der Waals surface area contributed by atoms with E-state index in [2.05, 4.69) is 4.74 Å². The number of halogens is 4. The third-order valence-corrected chi connectivity index (χ3v) is 3.75. The predicted octanol–water partition coefficient (Wildman–Crippen LogP) is 3.52. The lowest BCUT2D eigenvalue weighted by Gasteiger charge is -2.27. The van der Waals surface area contributed by atoms with Gasteiger partial charge in [-0.05, 0) is 24.6 Å². The molecule has 0 radical (unpaired) electrons. The molecule has 1 rings (SSSR count). The second-order valence-corrected chi connectivity index (χ2v) is 5.18. The number of ether oxygens (including phenoxy) is 1. The van der Waals surface area contributed by atoms with E-state index in [1.165, 1.54) is 13.0 Å². The molecule has 0 aromatic heterocycles. The highest BCUT2D eigenvalue weighted by Crippen LogP contribution is 2.40. The predicted molar refractivity (Wildman–Crippen MR) is 69.9 cm³/mol. The minimum atomic E-state index is -4.98. The van der Waals surface area contributed by atoms with Crippen LogP contribution < -0.4 is 4.74 Å². The molecule has 1 unspecified atom stereocenters. The van der Waals surface area contributed by atoms with Crippen LogP contribution in [0.25, 0.3) is 0 Å². The highest BCUT2D eigenvalue weighted by molar-refractivity contribution is 6.32. The normalized spacial score (nSPS) is 13.5. The maximum atomic E-state index is 12.3. The van der Waals surface area contributed by atoms with Gasteiger partial charge in [-0.3, -0.25) is 9.59 Å². The van der Waals surface area contributed by atoms with Gasteiger partial charge in [0, 0.05) is 5.92 Å². The topological polar surface area (TPSA) is 83.8 Å². The Morgan fingerprint density at radius 3 is 2.14 bits per heavy atom. The van der Waals surface area contributed by atoms with Crippen LogP contribution in [0.5, 0.6) is 5.75 Å². The number of carbonyl (C=O) groups is 2. The molecule has 0 aliphatic heterocycles. The van der Waals surface area contributed by atoms with Crippen LogP contribution >= 0.6 is 11.6 Å². The molecule has 0 fully saturated rings. The number of rotatable bonds is 5. The molecule has 9 heteroatoms. The molecule has 2 N–H and O–H groups in total. The van der Waals surface area contributed by atoms with E-state index < -0.39 is 35.4 Å². The van der Waals surface area contributed by atoms with Gasteiger partial charge in [0.25, 0.3) is 0 Å². The first-order chi connectivity index (χ1) is 9.89. The smallest absolute Gasteiger partial charge is 0.480 e. The van der Waals surface area contributed by atoms with Gasteiger partial charge in [-0.2, -0.15) is 0 Å². The van der Waals surface area contributed by atoms with Crippen LogP contribution in [0.1, 0.15) is 25.3 Å². The van der Waals surface area contributed by atoms with E-state index in [4.69, 9.17) is 21.8 Å². The molecule has 0 saturated carbocycles. The van der Waals surface area contributed by atoms with E-state index in [0.717, 1.165) is 19.1 Å². The highest BCUT2D eigenvalue weighted by Gasteiger charge is 2.47. The van der Waals surface area contributed by atoms with E-state index in [0.29, 0.717) is 0 Å². The summed E-state index contributed by atoms with van der Waals surface area (Å²) in [7, 11) is 0. The Balaban J connectivity index is 3.30. The summed E-state index contributed by atoms with van der Waals surface area (Å²) in [6.45, 7) is 2.25. The van der Waals surface area contributed by atoms with Gasteiger partial charge in [-0.1, -0.05) is 24.6 Å². The molecule has 0 saturated heterocycles. The maximum Gasteiger partial charge on any atom is 0.573 e. The van der Waals surface area contributed by atoms with Gasteiger partial charge in [-0.25, -0.2) is 0 Å². The molecule has 0 aliphatic rings. The lowest BCUT2D eigenvalue weighted by atomic mass is 9.74. The van der Waals surface area contributed by atoms with Gasteiger partial charge in [-0.15, -0.1) is 13.2 Å². The van der Waals surface area contributed by atoms with Crippen LogP contribution in [0.2, 0.25) is 5.02 Å². The van der Waals surface area contributed by atoms with Crippen molar-refractivity contribution in [3.63, 3.8) is 0 Å². The van der Waals surface area contributed by atoms with Crippen LogP contribution in [0.15, 0.2) is 18.2 Å². The quantitative estimate of drug-likeness (QED) is 0.801. The van der Waals surface area contributed by atoms with Crippen LogP contribution in [0, 0.1) is 5.41 Å². The number of benzene rings is 1. The lowest BCUT2D eigenvalue weighted by Crippen LogP contribution is -2.40. The van der Waals surface area contributed by atoms with Crippen molar-refractivity contribution in [2.24, 2.45) is 5.41 Å². The van der Waals surface area contributed by atoms with E-state index >= 15 is 0 Å². The van der Waals surface area contributed by atoms with E-state index in [1.54, 1.807) is 0 Å². The zero-order chi connectivity index (χ0) is 17.3. The Hall–Kier alpha value is -1.96. The first kappa shape index (κ1) is 18.1. The number of aliphatic carboxylic acids is 2. The molecular weight excluding hydrogens is 329 g/mol. The first-order valence-corrected chi connectivity index (χ1v) is 6.29. The van der Waals surface area contributed by atoms with Crippen LogP contribution in [0.3, 0.4) is 0 Å². The number of alkyl halides is 3. The SMILES string of the molecule is CC(c1ccc(Cl)c(OC(F)(F)F)c1)C(C)(C(=O)O)C(=O)O. The van der Waals surface area contributed by atoms with Crippen LogP contribution in [-0.4, -0.2) is 28.5 Å². The third-order valence-electron chi connectivity index (χ3n) is 3.44. The molecule has 1 atom stereocenters. The van der Waals surface area contributed by atoms with Crippen molar-refractivity contribution in [3.8, 4) is 5.75 Å². The standard InChI is InChI=1S/C13H12ClF3O5/c1-6(12(2,10(18)19)11(20)21)7-3-4-8(14)9(5-7)22-13(15,16)17/h3-6H,1-2H3,(H,18,19)(H,20,21). The average molecular weight is 341 g/mol. The summed E-state index contributed by atoms with van der Waals surface area (Å²) in [5.41, 5.74) is -2.18. The van der Waals surface area contributed by atoms with Crippen LogP contribution in [-0.2, 0) is 9.59 Å². The fourth-order valence-electron chi connectivity index (χ4n) is 1.79. The summed E-state index contributed by atoms with van der Waals surface area (Å²) in [6, 6.07) is 3.21. The Bertz CT molecular complexity index is 586. The van der Waals surface area contributed by atoms with Crippen molar-refractivity contribution >= 4 is 23.5 Å². The minimum absolute atomic E-state index is 0.0379. The lowest BCUT2D eigenvalue weighted by molar-refractivity contribution is -0.274. The maximum absolute atomic E-state index is 12.3. The number of hydrogen-bond donors (Lipinski definition) is 2. The van der Waals surface area contributed by atoms with Crippen molar-refractivity contribution in [2.75, 3.05) is 0 Å². The minimum Gasteiger partial charge on any atom is -0.480 e. The average Bonchev–Trinajstić information content (AvgIpc) is 2.37. The summed E-state index contributed by atoms with van der Waals surface area (Å²) in [4.78, 5) is 22.5. The van der Waals surface area contributed by atoms with Crippen molar-refractivity contribution in [2.45, 2.75) is 26.1 Å². The Labute approximate surface area is 128 Å². The van der Waals surface area contributed by atoms with Crippen LogP contribution in [0.4, 0.5) is 13.2 Å². The number of carboxylic acid groups (broad SMARTS) is 2. The van der Waals surface area contributed by atoms with Gasteiger partial charge < -0.3 is 14.9 Å². The molecule has 0 bridgehead atoms. The zero-order valence-electron chi connectivity index (χ0n) is 11.4. The van der Waals surface area contributed by atoms with Crippen molar-refractivity contribution in [1.82, 2.24) is 0 Å². The summed E-state index contributed by atoms with van der Waals surface area (Å²) < 4.78 is 40.6. The summed E-state index contributed by atoms with van der Waals surface area (Å²) in [5.74, 6) is -5.08.